The molecule has 0 aliphatic heterocycles. The number of carboxylic acids is 4. The number of carboxylic acid groups (broad SMARTS) is 4. The molecule has 0 fully saturated rings. The second-order valence-corrected chi connectivity index (χ2v) is 8.73. The van der Waals surface area contributed by atoms with Gasteiger partial charge >= 0.3 is 0 Å². The van der Waals surface area contributed by atoms with Gasteiger partial charge in [0.05, 0.1) is 0 Å². The Balaban J connectivity index is -0.000000122. The summed E-state index contributed by atoms with van der Waals surface area (Å²) in [6.45, 7) is 8.38. The van der Waals surface area contributed by atoms with Gasteiger partial charge in [-0.25, -0.2) is 0 Å². The second kappa shape index (κ2) is 41.9. The van der Waals surface area contributed by atoms with Gasteiger partial charge in [0, 0.05) is 51.2 Å². The zero-order chi connectivity index (χ0) is 28.5. The minimum Gasteiger partial charge on any atom is -0.550 e. The van der Waals surface area contributed by atoms with Crippen LogP contribution in [0.5, 0.6) is 0 Å². The van der Waals surface area contributed by atoms with E-state index in [0.29, 0.717) is 0 Å². The predicted octanol–water partition coefficient (Wildman–Crippen LogP) is 2.45. The molecule has 0 aliphatic carbocycles. The molecule has 0 unspecified atom stereocenters. The number of hydrogen-bond acceptors (Lipinski definition) is 8. The van der Waals surface area contributed by atoms with Crippen molar-refractivity contribution in [3.8, 4) is 0 Å². The summed E-state index contributed by atoms with van der Waals surface area (Å²) in [5.41, 5.74) is 0. The summed E-state index contributed by atoms with van der Waals surface area (Å²) in [4.78, 5) is 39.4. The largest absolute Gasteiger partial charge is 0.550 e. The maximum absolute atomic E-state index is 9.85. The van der Waals surface area contributed by atoms with E-state index < -0.39 is 23.9 Å². The Kier molecular flexibility index (Phi) is 51.8. The summed E-state index contributed by atoms with van der Waals surface area (Å²) in [6.07, 6.45) is 17.2. The molecule has 9 heteroatoms. The van der Waals surface area contributed by atoms with Crippen LogP contribution in [-0.2, 0) is 19.2 Å². The van der Waals surface area contributed by atoms with Crippen LogP contribution in [0.2, 0.25) is 0 Å². The Morgan fingerprint density at radius 2 is 0.514 bits per heavy atom. The van der Waals surface area contributed by atoms with Gasteiger partial charge in [-0.15, -0.1) is 0 Å². The van der Waals surface area contributed by atoms with Crippen molar-refractivity contribution in [2.24, 2.45) is 0 Å². The number of rotatable bonds is 20. The SMILES string of the molecule is CCCCCCC(=O)[O-].CCCCCCC(=O)[O-].CCCCCCC(=O)[O-].CCCCCCC(=O)[O-].[Pb]. The van der Waals surface area contributed by atoms with Gasteiger partial charge in [0.1, 0.15) is 0 Å². The number of hydrogen-bond donors (Lipinski definition) is 0. The summed E-state index contributed by atoms with van der Waals surface area (Å²) in [7, 11) is 0. The first kappa shape index (κ1) is 45.7. The molecule has 8 nitrogen and oxygen atoms in total. The fourth-order valence-electron chi connectivity index (χ4n) is 2.78. The number of carbonyl (C=O) groups is 4. The van der Waals surface area contributed by atoms with Crippen LogP contribution in [0.4, 0.5) is 0 Å². The molecule has 4 radical (unpaired) electrons. The molecule has 0 aromatic carbocycles. The topological polar surface area (TPSA) is 161 Å². The maximum Gasteiger partial charge on any atom is 0.0414 e. The number of carbonyl (C=O) groups excluding carboxylic acids is 4. The fraction of sp³-hybridized carbons (Fsp3) is 0.857. The Morgan fingerprint density at radius 1 is 0.351 bits per heavy atom. The van der Waals surface area contributed by atoms with E-state index in [1.165, 1.54) is 0 Å². The van der Waals surface area contributed by atoms with Gasteiger partial charge < -0.3 is 39.6 Å². The van der Waals surface area contributed by atoms with Gasteiger partial charge in [-0.05, 0) is 51.4 Å². The van der Waals surface area contributed by atoms with Crippen molar-refractivity contribution in [2.45, 2.75) is 156 Å². The van der Waals surface area contributed by atoms with E-state index in [4.69, 9.17) is 0 Å². The van der Waals surface area contributed by atoms with E-state index >= 15 is 0 Å². The molecule has 0 aliphatic rings. The van der Waals surface area contributed by atoms with Gasteiger partial charge in [-0.2, -0.15) is 0 Å². The summed E-state index contributed by atoms with van der Waals surface area (Å²) in [6, 6.07) is 0. The summed E-state index contributed by atoms with van der Waals surface area (Å²) in [5, 5.41) is 39.4. The van der Waals surface area contributed by atoms with E-state index in [9.17, 15) is 39.6 Å². The first-order chi connectivity index (χ1) is 17.1. The Bertz CT molecular complexity index is 411. The third-order valence-electron chi connectivity index (χ3n) is 4.94. The minimum absolute atomic E-state index is 0. The molecule has 0 saturated carbocycles. The standard InChI is InChI=1S/4C7H14O2.Pb/c4*1-2-3-4-5-6-7(8)9;/h4*2-6H2,1H3,(H,8,9);/p-4. The minimum atomic E-state index is -0.925. The molecular formula is C28H52O8Pb-4. The van der Waals surface area contributed by atoms with E-state index in [-0.39, 0.29) is 53.0 Å². The van der Waals surface area contributed by atoms with E-state index in [1.54, 1.807) is 0 Å². The fourth-order valence-corrected chi connectivity index (χ4v) is 2.78. The Labute approximate surface area is 246 Å². The number of unbranched alkanes of at least 4 members (excludes halogenated alkanes) is 12. The normalized spacial score (nSPS) is 9.19. The molecule has 0 heterocycles. The van der Waals surface area contributed by atoms with Crippen LogP contribution in [0.25, 0.3) is 0 Å². The summed E-state index contributed by atoms with van der Waals surface area (Å²) in [5.74, 6) is -3.70. The molecule has 220 valence electrons. The molecule has 0 spiro atoms. The Hall–Kier alpha value is -1.20. The average Bonchev–Trinajstić information content (AvgIpc) is 2.81. The zero-order valence-electron chi connectivity index (χ0n) is 23.9. The van der Waals surface area contributed by atoms with Crippen molar-refractivity contribution in [3.63, 3.8) is 0 Å². The molecule has 0 N–H and O–H groups in total. The van der Waals surface area contributed by atoms with Crippen LogP contribution in [0.3, 0.4) is 0 Å². The summed E-state index contributed by atoms with van der Waals surface area (Å²) >= 11 is 0. The molecule has 0 rings (SSSR count). The summed E-state index contributed by atoms with van der Waals surface area (Å²) < 4.78 is 0. The van der Waals surface area contributed by atoms with Gasteiger partial charge in [0.2, 0.25) is 0 Å². The van der Waals surface area contributed by atoms with Crippen molar-refractivity contribution in [1.82, 2.24) is 0 Å². The molecule has 0 atom stereocenters. The predicted molar refractivity (Wildman–Crippen MR) is 141 cm³/mol. The van der Waals surface area contributed by atoms with Gasteiger partial charge in [0.25, 0.3) is 0 Å². The number of aliphatic carboxylic acids is 4. The van der Waals surface area contributed by atoms with Gasteiger partial charge in [-0.3, -0.25) is 0 Å². The zero-order valence-corrected chi connectivity index (χ0v) is 27.8. The van der Waals surface area contributed by atoms with Crippen LogP contribution >= 0.6 is 0 Å². The third-order valence-corrected chi connectivity index (χ3v) is 4.94. The molecular weight excluding hydrogens is 672 g/mol. The second-order valence-electron chi connectivity index (χ2n) is 8.73. The van der Waals surface area contributed by atoms with Crippen LogP contribution < -0.4 is 20.4 Å². The van der Waals surface area contributed by atoms with E-state index in [1.807, 2.05) is 0 Å². The molecule has 0 aromatic rings. The Morgan fingerprint density at radius 3 is 0.622 bits per heavy atom. The van der Waals surface area contributed by atoms with Gasteiger partial charge in [0.15, 0.2) is 0 Å². The van der Waals surface area contributed by atoms with E-state index in [0.717, 1.165) is 103 Å². The molecule has 0 aromatic heterocycles. The molecule has 0 saturated heterocycles. The average molecular weight is 724 g/mol. The third kappa shape index (κ3) is 72.0. The monoisotopic (exact) mass is 724 g/mol. The van der Waals surface area contributed by atoms with E-state index in [2.05, 4.69) is 27.7 Å². The van der Waals surface area contributed by atoms with Crippen molar-refractivity contribution in [3.05, 3.63) is 0 Å². The first-order valence-corrected chi connectivity index (χ1v) is 13.9. The van der Waals surface area contributed by atoms with Crippen LogP contribution in [0.15, 0.2) is 0 Å². The first-order valence-electron chi connectivity index (χ1n) is 13.9. The van der Waals surface area contributed by atoms with Crippen LogP contribution in [0, 0.1) is 0 Å². The molecule has 37 heavy (non-hydrogen) atoms. The van der Waals surface area contributed by atoms with Crippen molar-refractivity contribution < 1.29 is 39.6 Å². The maximum atomic E-state index is 9.85. The van der Waals surface area contributed by atoms with Crippen LogP contribution in [-0.4, -0.2) is 51.2 Å². The van der Waals surface area contributed by atoms with Crippen LogP contribution in [0.1, 0.15) is 156 Å². The smallest absolute Gasteiger partial charge is 0.0414 e. The molecule has 0 bridgehead atoms. The van der Waals surface area contributed by atoms with Crippen molar-refractivity contribution in [1.29, 1.82) is 0 Å². The quantitative estimate of drug-likeness (QED) is 0.137. The molecule has 0 amide bonds. The van der Waals surface area contributed by atoms with Crippen molar-refractivity contribution >= 4 is 51.2 Å². The van der Waals surface area contributed by atoms with Gasteiger partial charge in [-0.1, -0.05) is 105 Å². The van der Waals surface area contributed by atoms with Crippen molar-refractivity contribution in [2.75, 3.05) is 0 Å².